The fraction of sp³-hybridized carbons (Fsp3) is 1.00. The second-order valence-corrected chi connectivity index (χ2v) is 2.21. The molecule has 0 heterocycles. The Bertz CT molecular complexity index is 178. The monoisotopic (exact) mass is 169 g/mol. The predicted octanol–water partition coefficient (Wildman–Crippen LogP) is 1.54. The molecule has 7 nitrogen and oxygen atoms in total. The van der Waals surface area contributed by atoms with Crippen LogP contribution >= 0.6 is 0 Å². The van der Waals surface area contributed by atoms with E-state index in [-0.39, 0.29) is 0 Å². The van der Waals surface area contributed by atoms with Crippen LogP contribution in [0.5, 0.6) is 0 Å². The van der Waals surface area contributed by atoms with E-state index < -0.39 is 0 Å². The minimum Gasteiger partial charge on any atom is -0.306 e. The molecule has 0 aliphatic rings. The van der Waals surface area contributed by atoms with Gasteiger partial charge in [-0.25, -0.2) is 0 Å². The highest BCUT2D eigenvalue weighted by Crippen LogP contribution is 1.83. The molecule has 0 fully saturated rings. The van der Waals surface area contributed by atoms with E-state index in [1.165, 1.54) is 0 Å². The average molecular weight is 169 g/mol. The van der Waals surface area contributed by atoms with Gasteiger partial charge in [0.1, 0.15) is 0 Å². The van der Waals surface area contributed by atoms with Gasteiger partial charge in [-0.3, -0.25) is 0 Å². The maximum absolute atomic E-state index is 7.97. The van der Waals surface area contributed by atoms with Crippen molar-refractivity contribution in [2.75, 3.05) is 33.2 Å². The Labute approximate surface area is 70.2 Å². The number of hydrogen-bond acceptors (Lipinski definition) is 3. The lowest BCUT2D eigenvalue weighted by molar-refractivity contribution is 0.353. The normalized spacial score (nSPS) is 8.83. The quantitative estimate of drug-likeness (QED) is 0.336. The van der Waals surface area contributed by atoms with Gasteiger partial charge in [0.25, 0.3) is 0 Å². The molecule has 0 saturated carbocycles. The number of nitrogens with zero attached hydrogens (tertiary/aromatic N) is 7. The SMILES string of the molecule is CN(CCN=[N+]=[N-])CCN=[N+]=[N-]. The molecule has 0 aromatic carbocycles. The number of azide groups is 2. The summed E-state index contributed by atoms with van der Waals surface area (Å²) >= 11 is 0. The maximum atomic E-state index is 7.97. The summed E-state index contributed by atoms with van der Waals surface area (Å²) in [4.78, 5) is 7.17. The van der Waals surface area contributed by atoms with Gasteiger partial charge in [-0.15, -0.1) is 0 Å². The minimum atomic E-state index is 0.448. The van der Waals surface area contributed by atoms with E-state index in [1.54, 1.807) is 0 Å². The highest BCUT2D eigenvalue weighted by molar-refractivity contribution is 4.57. The lowest BCUT2D eigenvalue weighted by atomic mass is 10.5. The van der Waals surface area contributed by atoms with E-state index in [0.717, 1.165) is 0 Å². The van der Waals surface area contributed by atoms with Gasteiger partial charge >= 0.3 is 0 Å². The smallest absolute Gasteiger partial charge is 0.0385 e. The maximum Gasteiger partial charge on any atom is 0.0385 e. The molecule has 0 saturated heterocycles. The second kappa shape index (κ2) is 7.68. The van der Waals surface area contributed by atoms with Crippen LogP contribution < -0.4 is 0 Å². The van der Waals surface area contributed by atoms with E-state index in [2.05, 4.69) is 20.1 Å². The summed E-state index contributed by atoms with van der Waals surface area (Å²) in [6.07, 6.45) is 0. The summed E-state index contributed by atoms with van der Waals surface area (Å²) in [7, 11) is 1.87. The third kappa shape index (κ3) is 6.70. The second-order valence-electron chi connectivity index (χ2n) is 2.21. The molecule has 0 aliphatic carbocycles. The van der Waals surface area contributed by atoms with Crippen LogP contribution in [0.15, 0.2) is 10.2 Å². The Morgan fingerprint density at radius 3 is 1.83 bits per heavy atom. The number of hydrogen-bond donors (Lipinski definition) is 0. The topological polar surface area (TPSA) is 101 Å². The van der Waals surface area contributed by atoms with Gasteiger partial charge in [0.15, 0.2) is 0 Å². The molecule has 0 spiro atoms. The molecule has 0 aromatic heterocycles. The lowest BCUT2D eigenvalue weighted by Crippen LogP contribution is -2.24. The van der Waals surface area contributed by atoms with Crippen LogP contribution in [0.2, 0.25) is 0 Å². The summed E-state index contributed by atoms with van der Waals surface area (Å²) in [5.41, 5.74) is 15.9. The summed E-state index contributed by atoms with van der Waals surface area (Å²) in [6.45, 7) is 2.27. The largest absolute Gasteiger partial charge is 0.306 e. The van der Waals surface area contributed by atoms with Gasteiger partial charge in [-0.05, 0) is 18.1 Å². The van der Waals surface area contributed by atoms with Crippen molar-refractivity contribution in [3.05, 3.63) is 20.9 Å². The minimum absolute atomic E-state index is 0.448. The molecule has 66 valence electrons. The molecule has 0 aliphatic heterocycles. The molecular formula is C5H11N7. The molecule has 7 heteroatoms. The Kier molecular flexibility index (Phi) is 6.78. The van der Waals surface area contributed by atoms with Gasteiger partial charge in [0.05, 0.1) is 0 Å². The van der Waals surface area contributed by atoms with Crippen LogP contribution in [0.4, 0.5) is 0 Å². The van der Waals surface area contributed by atoms with E-state index in [0.29, 0.717) is 26.2 Å². The van der Waals surface area contributed by atoms with Crippen LogP contribution in [0.3, 0.4) is 0 Å². The molecule has 0 unspecified atom stereocenters. The first-order valence-electron chi connectivity index (χ1n) is 3.51. The summed E-state index contributed by atoms with van der Waals surface area (Å²) < 4.78 is 0. The molecule has 0 rings (SSSR count). The van der Waals surface area contributed by atoms with Gasteiger partial charge in [0, 0.05) is 36.0 Å². The van der Waals surface area contributed by atoms with Crippen molar-refractivity contribution in [3.8, 4) is 0 Å². The number of likely N-dealkylation sites (N-methyl/N-ethyl adjacent to an activating group) is 1. The highest BCUT2D eigenvalue weighted by Gasteiger charge is 1.93. The van der Waals surface area contributed by atoms with Crippen molar-refractivity contribution in [3.63, 3.8) is 0 Å². The van der Waals surface area contributed by atoms with Crippen molar-refractivity contribution in [2.45, 2.75) is 0 Å². The van der Waals surface area contributed by atoms with Gasteiger partial charge < -0.3 is 4.90 Å². The van der Waals surface area contributed by atoms with Crippen LogP contribution in [-0.4, -0.2) is 38.1 Å². The van der Waals surface area contributed by atoms with E-state index in [1.807, 2.05) is 11.9 Å². The zero-order chi connectivity index (χ0) is 9.23. The zero-order valence-electron chi connectivity index (χ0n) is 6.96. The first-order valence-corrected chi connectivity index (χ1v) is 3.51. The lowest BCUT2D eigenvalue weighted by Gasteiger charge is -2.12. The Morgan fingerprint density at radius 1 is 1.08 bits per heavy atom. The van der Waals surface area contributed by atoms with Crippen LogP contribution in [0, 0.1) is 0 Å². The molecule has 0 atom stereocenters. The van der Waals surface area contributed by atoms with Crippen molar-refractivity contribution < 1.29 is 0 Å². The third-order valence-corrected chi connectivity index (χ3v) is 1.29. The summed E-state index contributed by atoms with van der Waals surface area (Å²) in [6, 6.07) is 0. The first-order chi connectivity index (χ1) is 5.81. The molecule has 12 heavy (non-hydrogen) atoms. The van der Waals surface area contributed by atoms with Crippen molar-refractivity contribution in [1.29, 1.82) is 0 Å². The van der Waals surface area contributed by atoms with Crippen molar-refractivity contribution >= 4 is 0 Å². The van der Waals surface area contributed by atoms with Crippen LogP contribution in [-0.2, 0) is 0 Å². The molecular weight excluding hydrogens is 158 g/mol. The summed E-state index contributed by atoms with van der Waals surface area (Å²) in [5.74, 6) is 0. The molecule has 0 radical (unpaired) electrons. The van der Waals surface area contributed by atoms with Crippen molar-refractivity contribution in [1.82, 2.24) is 4.90 Å². The number of rotatable bonds is 6. The molecule has 0 bridgehead atoms. The van der Waals surface area contributed by atoms with Crippen molar-refractivity contribution in [2.24, 2.45) is 10.2 Å². The van der Waals surface area contributed by atoms with Gasteiger partial charge in [-0.1, -0.05) is 10.2 Å². The Balaban J connectivity index is 3.38. The highest BCUT2D eigenvalue weighted by atomic mass is 15.2. The van der Waals surface area contributed by atoms with Gasteiger partial charge in [0.2, 0.25) is 0 Å². The standard InChI is InChI=1S/C5H11N7/c1-12(4-2-8-10-6)5-3-9-11-7/h2-5H2,1H3. The molecule has 0 N–H and O–H groups in total. The Morgan fingerprint density at radius 2 is 1.50 bits per heavy atom. The zero-order valence-corrected chi connectivity index (χ0v) is 6.96. The third-order valence-electron chi connectivity index (χ3n) is 1.29. The van der Waals surface area contributed by atoms with E-state index >= 15 is 0 Å². The molecule has 0 amide bonds. The average Bonchev–Trinajstić information content (AvgIpc) is 2.06. The van der Waals surface area contributed by atoms with Crippen LogP contribution in [0.1, 0.15) is 0 Å². The van der Waals surface area contributed by atoms with E-state index in [9.17, 15) is 0 Å². The summed E-state index contributed by atoms with van der Waals surface area (Å²) in [5, 5.41) is 6.75. The fourth-order valence-electron chi connectivity index (χ4n) is 0.632. The molecule has 0 aromatic rings. The van der Waals surface area contributed by atoms with Gasteiger partial charge in [-0.2, -0.15) is 0 Å². The fourth-order valence-corrected chi connectivity index (χ4v) is 0.632. The van der Waals surface area contributed by atoms with Crippen LogP contribution in [0.25, 0.3) is 20.9 Å². The first kappa shape index (κ1) is 10.6. The Hall–Kier alpha value is -1.42. The van der Waals surface area contributed by atoms with E-state index in [4.69, 9.17) is 11.1 Å². The predicted molar refractivity (Wildman–Crippen MR) is 45.5 cm³/mol.